The van der Waals surface area contributed by atoms with Gasteiger partial charge in [-0.2, -0.15) is 0 Å². The predicted octanol–water partition coefficient (Wildman–Crippen LogP) is 2.52. The van der Waals surface area contributed by atoms with Gasteiger partial charge in [0.25, 0.3) is 0 Å². The van der Waals surface area contributed by atoms with Crippen molar-refractivity contribution in [1.82, 2.24) is 0 Å². The molecule has 0 radical (unpaired) electrons. The van der Waals surface area contributed by atoms with Gasteiger partial charge in [0.15, 0.2) is 0 Å². The monoisotopic (exact) mass is 221 g/mol. The van der Waals surface area contributed by atoms with Gasteiger partial charge in [-0.25, -0.2) is 0 Å². The Hall–Kier alpha value is -1.51. The summed E-state index contributed by atoms with van der Waals surface area (Å²) in [6, 6.07) is 5.25. The summed E-state index contributed by atoms with van der Waals surface area (Å²) in [5.74, 6) is 0.298. The molecule has 1 aromatic carbocycles. The molecule has 88 valence electrons. The van der Waals surface area contributed by atoms with Gasteiger partial charge in [0.2, 0.25) is 5.91 Å². The van der Waals surface area contributed by atoms with Crippen LogP contribution in [-0.4, -0.2) is 12.5 Å². The zero-order chi connectivity index (χ0) is 12.3. The van der Waals surface area contributed by atoms with Crippen molar-refractivity contribution in [2.75, 3.05) is 6.61 Å². The number of amides is 1. The summed E-state index contributed by atoms with van der Waals surface area (Å²) < 4.78 is 5.68. The molecule has 0 aliphatic carbocycles. The Balaban J connectivity index is 2.86. The number of carbonyl (C=O) groups is 1. The standard InChI is InChI=1S/C13H19NO2/c1-9-5-6-10(12(14)15)7-11(9)16-8-13(2,3)4/h5-7H,8H2,1-4H3,(H2,14,15). The summed E-state index contributed by atoms with van der Waals surface area (Å²) in [5, 5.41) is 0. The van der Waals surface area contributed by atoms with Gasteiger partial charge in [-0.1, -0.05) is 26.8 Å². The zero-order valence-corrected chi connectivity index (χ0v) is 10.3. The number of hydrogen-bond donors (Lipinski definition) is 1. The smallest absolute Gasteiger partial charge is 0.248 e. The molecule has 1 rings (SSSR count). The number of carbonyl (C=O) groups excluding carboxylic acids is 1. The molecule has 1 amide bonds. The first kappa shape index (κ1) is 12.6. The van der Waals surface area contributed by atoms with Crippen LogP contribution in [0.3, 0.4) is 0 Å². The topological polar surface area (TPSA) is 52.3 Å². The molecule has 0 bridgehead atoms. The first-order valence-corrected chi connectivity index (χ1v) is 5.33. The Bertz CT molecular complexity index is 391. The van der Waals surface area contributed by atoms with Gasteiger partial charge in [-0.3, -0.25) is 4.79 Å². The minimum absolute atomic E-state index is 0.0924. The minimum atomic E-state index is -0.430. The van der Waals surface area contributed by atoms with Gasteiger partial charge >= 0.3 is 0 Å². The lowest BCUT2D eigenvalue weighted by Gasteiger charge is -2.20. The van der Waals surface area contributed by atoms with Gasteiger partial charge < -0.3 is 10.5 Å². The zero-order valence-electron chi connectivity index (χ0n) is 10.3. The van der Waals surface area contributed by atoms with Crippen LogP contribution >= 0.6 is 0 Å². The third kappa shape index (κ3) is 3.57. The maximum atomic E-state index is 11.0. The molecule has 2 N–H and O–H groups in total. The number of primary amides is 1. The number of rotatable bonds is 3. The fourth-order valence-corrected chi connectivity index (χ4v) is 1.20. The maximum Gasteiger partial charge on any atom is 0.248 e. The molecule has 16 heavy (non-hydrogen) atoms. The molecular formula is C13H19NO2. The fraction of sp³-hybridized carbons (Fsp3) is 0.462. The average molecular weight is 221 g/mol. The number of hydrogen-bond acceptors (Lipinski definition) is 2. The molecule has 0 atom stereocenters. The number of benzene rings is 1. The first-order valence-electron chi connectivity index (χ1n) is 5.33. The molecule has 0 aliphatic heterocycles. The van der Waals surface area contributed by atoms with Crippen molar-refractivity contribution >= 4 is 5.91 Å². The molecule has 0 aromatic heterocycles. The Morgan fingerprint density at radius 3 is 2.50 bits per heavy atom. The third-order valence-corrected chi connectivity index (χ3v) is 2.13. The molecule has 0 aliphatic rings. The normalized spacial score (nSPS) is 11.2. The van der Waals surface area contributed by atoms with Gasteiger partial charge in [-0.15, -0.1) is 0 Å². The molecule has 0 spiro atoms. The van der Waals surface area contributed by atoms with E-state index in [1.165, 1.54) is 0 Å². The van der Waals surface area contributed by atoms with Crippen molar-refractivity contribution in [2.24, 2.45) is 11.1 Å². The van der Waals surface area contributed by atoms with Crippen molar-refractivity contribution in [3.05, 3.63) is 29.3 Å². The first-order chi connectivity index (χ1) is 7.29. The van der Waals surface area contributed by atoms with E-state index in [0.717, 1.165) is 11.3 Å². The summed E-state index contributed by atoms with van der Waals surface area (Å²) in [6.07, 6.45) is 0. The van der Waals surface area contributed by atoms with E-state index in [1.807, 2.05) is 13.0 Å². The van der Waals surface area contributed by atoms with Crippen LogP contribution in [0.2, 0.25) is 0 Å². The van der Waals surface area contributed by atoms with E-state index in [2.05, 4.69) is 20.8 Å². The summed E-state index contributed by atoms with van der Waals surface area (Å²) in [5.41, 5.74) is 6.80. The number of nitrogens with two attached hydrogens (primary N) is 1. The number of ether oxygens (including phenoxy) is 1. The molecule has 0 saturated heterocycles. The Kier molecular flexibility index (Phi) is 3.58. The molecule has 3 heteroatoms. The van der Waals surface area contributed by atoms with E-state index in [0.29, 0.717) is 12.2 Å². The van der Waals surface area contributed by atoms with Crippen LogP contribution in [0.1, 0.15) is 36.7 Å². The van der Waals surface area contributed by atoms with E-state index in [9.17, 15) is 4.79 Å². The van der Waals surface area contributed by atoms with Crippen LogP contribution in [0.4, 0.5) is 0 Å². The lowest BCUT2D eigenvalue weighted by molar-refractivity contribution is 0.0999. The fourth-order valence-electron chi connectivity index (χ4n) is 1.20. The van der Waals surface area contributed by atoms with E-state index >= 15 is 0 Å². The largest absolute Gasteiger partial charge is 0.493 e. The van der Waals surface area contributed by atoms with Crippen molar-refractivity contribution in [1.29, 1.82) is 0 Å². The molecule has 1 aromatic rings. The van der Waals surface area contributed by atoms with E-state index in [1.54, 1.807) is 12.1 Å². The predicted molar refractivity (Wildman–Crippen MR) is 64.6 cm³/mol. The lowest BCUT2D eigenvalue weighted by atomic mass is 9.98. The second-order valence-corrected chi connectivity index (χ2v) is 5.19. The van der Waals surface area contributed by atoms with Crippen LogP contribution in [0.5, 0.6) is 5.75 Å². The minimum Gasteiger partial charge on any atom is -0.493 e. The van der Waals surface area contributed by atoms with Crippen LogP contribution in [0.15, 0.2) is 18.2 Å². The second-order valence-electron chi connectivity index (χ2n) is 5.19. The van der Waals surface area contributed by atoms with Gasteiger partial charge in [0.1, 0.15) is 5.75 Å². The molecule has 3 nitrogen and oxygen atoms in total. The third-order valence-electron chi connectivity index (χ3n) is 2.13. The molecule has 0 heterocycles. The highest BCUT2D eigenvalue weighted by atomic mass is 16.5. The Morgan fingerprint density at radius 2 is 2.00 bits per heavy atom. The van der Waals surface area contributed by atoms with E-state index < -0.39 is 5.91 Å². The van der Waals surface area contributed by atoms with Crippen molar-refractivity contribution < 1.29 is 9.53 Å². The maximum absolute atomic E-state index is 11.0. The van der Waals surface area contributed by atoms with Crippen molar-refractivity contribution in [2.45, 2.75) is 27.7 Å². The second kappa shape index (κ2) is 4.56. The lowest BCUT2D eigenvalue weighted by Crippen LogP contribution is -2.18. The van der Waals surface area contributed by atoms with Crippen LogP contribution in [0.25, 0.3) is 0 Å². The average Bonchev–Trinajstić information content (AvgIpc) is 2.14. The van der Waals surface area contributed by atoms with Crippen LogP contribution in [0, 0.1) is 12.3 Å². The highest BCUT2D eigenvalue weighted by Gasteiger charge is 2.12. The van der Waals surface area contributed by atoms with Gasteiger partial charge in [0, 0.05) is 5.56 Å². The van der Waals surface area contributed by atoms with E-state index in [-0.39, 0.29) is 5.41 Å². The quantitative estimate of drug-likeness (QED) is 0.852. The Labute approximate surface area is 96.6 Å². The van der Waals surface area contributed by atoms with Crippen molar-refractivity contribution in [3.8, 4) is 5.75 Å². The van der Waals surface area contributed by atoms with Gasteiger partial charge in [0.05, 0.1) is 6.61 Å². The molecule has 0 fully saturated rings. The molecule has 0 unspecified atom stereocenters. The van der Waals surface area contributed by atoms with E-state index in [4.69, 9.17) is 10.5 Å². The SMILES string of the molecule is Cc1ccc(C(N)=O)cc1OCC(C)(C)C. The van der Waals surface area contributed by atoms with Crippen LogP contribution < -0.4 is 10.5 Å². The molecule has 0 saturated carbocycles. The summed E-state index contributed by atoms with van der Waals surface area (Å²) >= 11 is 0. The van der Waals surface area contributed by atoms with Gasteiger partial charge in [-0.05, 0) is 30.0 Å². The summed E-state index contributed by atoms with van der Waals surface area (Å²) in [7, 11) is 0. The summed E-state index contributed by atoms with van der Waals surface area (Å²) in [4.78, 5) is 11.0. The Morgan fingerprint density at radius 1 is 1.38 bits per heavy atom. The highest BCUT2D eigenvalue weighted by Crippen LogP contribution is 2.22. The molecular weight excluding hydrogens is 202 g/mol. The number of aryl methyl sites for hydroxylation is 1. The highest BCUT2D eigenvalue weighted by molar-refractivity contribution is 5.93. The van der Waals surface area contributed by atoms with Crippen molar-refractivity contribution in [3.63, 3.8) is 0 Å². The van der Waals surface area contributed by atoms with Crippen LogP contribution in [-0.2, 0) is 0 Å². The summed E-state index contributed by atoms with van der Waals surface area (Å²) in [6.45, 7) is 8.85.